The molecule has 1 aliphatic heterocycles. The Labute approximate surface area is 269 Å². The zero-order chi connectivity index (χ0) is 33.3. The third kappa shape index (κ3) is 7.01. The fourth-order valence-electron chi connectivity index (χ4n) is 6.36. The first kappa shape index (κ1) is 32.2. The molecule has 47 heavy (non-hydrogen) atoms. The van der Waals surface area contributed by atoms with Crippen LogP contribution in [0.25, 0.3) is 10.9 Å². The highest BCUT2D eigenvalue weighted by Gasteiger charge is 2.34. The molecular formula is C32H33FN6O7S. The van der Waals surface area contributed by atoms with Crippen molar-refractivity contribution in [2.75, 3.05) is 11.9 Å². The minimum atomic E-state index is -4.40. The lowest BCUT2D eigenvalue weighted by atomic mass is 9.81. The monoisotopic (exact) mass is 664 g/mol. The maximum Gasteiger partial charge on any atom is 0.289 e. The van der Waals surface area contributed by atoms with E-state index in [1.54, 1.807) is 19.1 Å². The molecule has 2 aromatic carbocycles. The number of hydrogen-bond acceptors (Lipinski definition) is 9. The molecule has 6 rings (SSSR count). The summed E-state index contributed by atoms with van der Waals surface area (Å²) in [5.41, 5.74) is 0.732. The Kier molecular flexibility index (Phi) is 9.03. The van der Waals surface area contributed by atoms with Crippen molar-refractivity contribution < 1.29 is 27.3 Å². The number of rotatable bonds is 10. The molecule has 2 aliphatic rings. The Morgan fingerprint density at radius 2 is 1.87 bits per heavy atom. The molecular weight excluding hydrogens is 631 g/mol. The van der Waals surface area contributed by atoms with Gasteiger partial charge in [-0.1, -0.05) is 12.1 Å². The van der Waals surface area contributed by atoms with Crippen LogP contribution in [0.3, 0.4) is 0 Å². The van der Waals surface area contributed by atoms with Crippen LogP contribution < -0.4 is 25.7 Å². The normalized spacial score (nSPS) is 18.6. The number of aromatic nitrogens is 2. The van der Waals surface area contributed by atoms with Crippen LogP contribution in [0.15, 0.2) is 70.4 Å². The molecule has 1 amide bonds. The van der Waals surface area contributed by atoms with Crippen LogP contribution in [0.2, 0.25) is 0 Å². The minimum Gasteiger partial charge on any atom is -0.480 e. The SMILES string of the molecule is Cc1cc(=O)n(CC(NS(=O)(=O)c2ccccc2[N+](=O)[O-])C2CCC(NCc3ccc4c(n3)NC(=O)CO4)CC2)c2cc(F)ccc12. The molecule has 1 unspecified atom stereocenters. The maximum atomic E-state index is 14.4. The van der Waals surface area contributed by atoms with Gasteiger partial charge in [0.1, 0.15) is 5.82 Å². The fraction of sp³-hybridized carbons (Fsp3) is 0.344. The second-order valence-electron chi connectivity index (χ2n) is 11.9. The van der Waals surface area contributed by atoms with Gasteiger partial charge in [0.15, 0.2) is 23.1 Å². The molecule has 4 aromatic rings. The first-order chi connectivity index (χ1) is 22.5. The van der Waals surface area contributed by atoms with Gasteiger partial charge in [0, 0.05) is 42.7 Å². The number of aryl methyl sites for hydroxylation is 1. The minimum absolute atomic E-state index is 0.0550. The number of anilines is 1. The van der Waals surface area contributed by atoms with Gasteiger partial charge in [-0.15, -0.1) is 0 Å². The van der Waals surface area contributed by atoms with E-state index in [-0.39, 0.29) is 31.0 Å². The maximum absolute atomic E-state index is 14.4. The summed E-state index contributed by atoms with van der Waals surface area (Å²) in [7, 11) is -4.40. The van der Waals surface area contributed by atoms with Gasteiger partial charge < -0.3 is 19.9 Å². The van der Waals surface area contributed by atoms with E-state index in [0.717, 1.165) is 6.07 Å². The topological polar surface area (TPSA) is 175 Å². The molecule has 3 N–H and O–H groups in total. The quantitative estimate of drug-likeness (QED) is 0.168. The second kappa shape index (κ2) is 13.2. The summed E-state index contributed by atoms with van der Waals surface area (Å²) in [6.07, 6.45) is 2.51. The number of nitro groups is 1. The first-order valence-electron chi connectivity index (χ1n) is 15.2. The largest absolute Gasteiger partial charge is 0.480 e. The number of nitrogens with one attached hydrogen (secondary N) is 3. The van der Waals surface area contributed by atoms with Gasteiger partial charge >= 0.3 is 0 Å². The van der Waals surface area contributed by atoms with E-state index >= 15 is 0 Å². The lowest BCUT2D eigenvalue weighted by molar-refractivity contribution is -0.387. The second-order valence-corrected chi connectivity index (χ2v) is 13.6. The van der Waals surface area contributed by atoms with Crippen molar-refractivity contribution in [1.29, 1.82) is 0 Å². The number of nitrogens with zero attached hydrogens (tertiary/aromatic N) is 3. The number of ether oxygens (including phenoxy) is 1. The molecule has 13 nitrogen and oxygen atoms in total. The standard InChI is InChI=1S/C32H33FN6O7S/c1-19-14-31(41)38(27-15-21(33)8-12-24(19)27)17-25(37-47(44,45)29-5-3-2-4-26(29)39(42)43)20-6-9-22(10-7-20)34-16-23-11-13-28-32(35-23)36-30(40)18-46-28/h2-5,8,11-15,20,22,25,34,37H,6-7,9-10,16-18H2,1H3,(H,35,36,40). The molecule has 0 spiro atoms. The fourth-order valence-corrected chi connectivity index (χ4v) is 7.83. The van der Waals surface area contributed by atoms with E-state index < -0.39 is 42.9 Å². The molecule has 15 heteroatoms. The number of fused-ring (bicyclic) bond motifs is 2. The van der Waals surface area contributed by atoms with Crippen molar-refractivity contribution in [3.63, 3.8) is 0 Å². The van der Waals surface area contributed by atoms with Gasteiger partial charge in [-0.05, 0) is 80.5 Å². The molecule has 0 radical (unpaired) electrons. The number of halogens is 1. The highest BCUT2D eigenvalue weighted by Crippen LogP contribution is 2.31. The van der Waals surface area contributed by atoms with Crippen molar-refractivity contribution >= 4 is 38.3 Å². The number of carbonyl (C=O) groups is 1. The van der Waals surface area contributed by atoms with Crippen LogP contribution in [-0.4, -0.2) is 47.5 Å². The molecule has 0 bridgehead atoms. The van der Waals surface area contributed by atoms with Crippen molar-refractivity contribution in [3.05, 3.63) is 98.2 Å². The number of nitro benzene ring substituents is 1. The predicted octanol–water partition coefficient (Wildman–Crippen LogP) is 3.78. The number of para-hydroxylation sites is 1. The Morgan fingerprint density at radius 1 is 1.11 bits per heavy atom. The van der Waals surface area contributed by atoms with E-state index in [2.05, 4.69) is 20.3 Å². The van der Waals surface area contributed by atoms with E-state index in [4.69, 9.17) is 4.74 Å². The number of hydrogen-bond donors (Lipinski definition) is 3. The highest BCUT2D eigenvalue weighted by molar-refractivity contribution is 7.89. The van der Waals surface area contributed by atoms with Gasteiger partial charge in [-0.3, -0.25) is 19.7 Å². The van der Waals surface area contributed by atoms with E-state index in [1.165, 1.54) is 41.0 Å². The average molecular weight is 665 g/mol. The lowest BCUT2D eigenvalue weighted by Crippen LogP contribution is -2.47. The van der Waals surface area contributed by atoms with Gasteiger partial charge in [-0.25, -0.2) is 22.5 Å². The van der Waals surface area contributed by atoms with Crippen LogP contribution in [0.4, 0.5) is 15.9 Å². The number of benzene rings is 2. The Balaban J connectivity index is 1.23. The Morgan fingerprint density at radius 3 is 2.64 bits per heavy atom. The van der Waals surface area contributed by atoms with E-state index in [9.17, 15) is 32.5 Å². The number of amides is 1. The molecule has 1 saturated carbocycles. The van der Waals surface area contributed by atoms with E-state index in [0.29, 0.717) is 66.0 Å². The molecule has 246 valence electrons. The van der Waals surface area contributed by atoms with Gasteiger partial charge in [0.2, 0.25) is 10.0 Å². The molecule has 2 aromatic heterocycles. The van der Waals surface area contributed by atoms with Gasteiger partial charge in [0.25, 0.3) is 17.2 Å². The number of pyridine rings is 2. The summed E-state index contributed by atoms with van der Waals surface area (Å²) in [6, 6.07) is 13.5. The first-order valence-corrected chi connectivity index (χ1v) is 16.7. The predicted molar refractivity (Wildman–Crippen MR) is 171 cm³/mol. The van der Waals surface area contributed by atoms with Gasteiger partial charge in [-0.2, -0.15) is 0 Å². The van der Waals surface area contributed by atoms with Crippen molar-refractivity contribution in [3.8, 4) is 5.75 Å². The van der Waals surface area contributed by atoms with Crippen LogP contribution in [0.5, 0.6) is 5.75 Å². The highest BCUT2D eigenvalue weighted by atomic mass is 32.2. The third-order valence-electron chi connectivity index (χ3n) is 8.76. The summed E-state index contributed by atoms with van der Waals surface area (Å²) >= 11 is 0. The number of carbonyl (C=O) groups excluding carboxylic acids is 1. The lowest BCUT2D eigenvalue weighted by Gasteiger charge is -2.35. The van der Waals surface area contributed by atoms with Crippen molar-refractivity contribution in [1.82, 2.24) is 19.6 Å². The molecule has 0 saturated heterocycles. The zero-order valence-corrected chi connectivity index (χ0v) is 26.3. The van der Waals surface area contributed by atoms with Crippen LogP contribution in [0, 0.1) is 28.8 Å². The summed E-state index contributed by atoms with van der Waals surface area (Å²) in [4.78, 5) is 39.9. The smallest absolute Gasteiger partial charge is 0.289 e. The Hall–Kier alpha value is -4.73. The molecule has 1 aliphatic carbocycles. The van der Waals surface area contributed by atoms with Crippen LogP contribution >= 0.6 is 0 Å². The molecule has 1 fully saturated rings. The summed E-state index contributed by atoms with van der Waals surface area (Å²) in [5, 5.41) is 18.5. The zero-order valence-electron chi connectivity index (χ0n) is 25.4. The third-order valence-corrected chi connectivity index (χ3v) is 10.3. The average Bonchev–Trinajstić information content (AvgIpc) is 3.05. The molecule has 3 heterocycles. The Bertz CT molecular complexity index is 2030. The van der Waals surface area contributed by atoms with Crippen molar-refractivity contribution in [2.45, 2.75) is 62.7 Å². The van der Waals surface area contributed by atoms with E-state index in [1.807, 2.05) is 6.07 Å². The summed E-state index contributed by atoms with van der Waals surface area (Å²) in [5.74, 6) is -0.172. The van der Waals surface area contributed by atoms with Crippen molar-refractivity contribution in [2.24, 2.45) is 5.92 Å². The number of sulfonamides is 1. The molecule has 1 atom stereocenters. The summed E-state index contributed by atoms with van der Waals surface area (Å²) < 4.78 is 51.2. The van der Waals surface area contributed by atoms with Crippen LogP contribution in [-0.2, 0) is 27.9 Å². The summed E-state index contributed by atoms with van der Waals surface area (Å²) in [6.45, 7) is 2.02. The van der Waals surface area contributed by atoms with Crippen LogP contribution in [0.1, 0.15) is 36.9 Å². The van der Waals surface area contributed by atoms with Gasteiger partial charge in [0.05, 0.1) is 16.1 Å².